The Morgan fingerprint density at radius 1 is 0.633 bits per heavy atom. The van der Waals surface area contributed by atoms with Gasteiger partial charge in [-0.1, -0.05) is 6.07 Å². The Labute approximate surface area is 191 Å². The van der Waals surface area contributed by atoms with Crippen LogP contribution in [0.25, 0.3) is 0 Å². The SMILES string of the molecule is CCC[CH2][Sn]([CH2]CCC)([CH2]CCC)[c]1c(F)cccc1F.Fc1cccc(F)c1Br. The van der Waals surface area contributed by atoms with Crippen LogP contribution in [0.1, 0.15) is 59.3 Å². The number of hydrogen-bond donors (Lipinski definition) is 0. The van der Waals surface area contributed by atoms with E-state index in [1.165, 1.54) is 36.4 Å². The van der Waals surface area contributed by atoms with Crippen LogP contribution in [-0.4, -0.2) is 18.4 Å². The molecule has 0 heterocycles. The monoisotopic (exact) mass is 596 g/mol. The Hall–Kier alpha value is -0.561. The van der Waals surface area contributed by atoms with Crippen molar-refractivity contribution >= 4 is 37.9 Å². The van der Waals surface area contributed by atoms with E-state index in [9.17, 15) is 17.6 Å². The van der Waals surface area contributed by atoms with E-state index < -0.39 is 30.0 Å². The van der Waals surface area contributed by atoms with Crippen LogP contribution >= 0.6 is 15.9 Å². The zero-order valence-corrected chi connectivity index (χ0v) is 22.7. The molecule has 0 nitrogen and oxygen atoms in total. The Balaban J connectivity index is 0.000000414. The summed E-state index contributed by atoms with van der Waals surface area (Å²) in [6.07, 6.45) is 6.72. The van der Waals surface area contributed by atoms with Crippen molar-refractivity contribution in [3.8, 4) is 0 Å². The molecule has 0 spiro atoms. The smallest absolute Gasteiger partial charge is 0.140 e. The first-order valence-electron chi connectivity index (χ1n) is 10.9. The molecule has 2 rings (SSSR count). The second-order valence-electron chi connectivity index (χ2n) is 7.72. The Morgan fingerprint density at radius 2 is 0.967 bits per heavy atom. The van der Waals surface area contributed by atoms with Gasteiger partial charge in [0.25, 0.3) is 0 Å². The third kappa shape index (κ3) is 8.17. The maximum atomic E-state index is 14.4. The van der Waals surface area contributed by atoms with Crippen LogP contribution < -0.4 is 3.58 Å². The van der Waals surface area contributed by atoms with Crippen molar-refractivity contribution in [3.05, 3.63) is 64.1 Å². The zero-order valence-electron chi connectivity index (χ0n) is 18.2. The van der Waals surface area contributed by atoms with Gasteiger partial charge in [-0.2, -0.15) is 0 Å². The fourth-order valence-electron chi connectivity index (χ4n) is 3.78. The molecular weight excluding hydrogens is 563 g/mol. The fraction of sp³-hybridized carbons (Fsp3) is 0.500. The molecule has 2 aromatic rings. The molecule has 168 valence electrons. The van der Waals surface area contributed by atoms with Gasteiger partial charge >= 0.3 is 133 Å². The van der Waals surface area contributed by atoms with Gasteiger partial charge in [0.05, 0.1) is 4.47 Å². The van der Waals surface area contributed by atoms with Gasteiger partial charge in [0.2, 0.25) is 0 Å². The van der Waals surface area contributed by atoms with Crippen LogP contribution in [0.2, 0.25) is 13.3 Å². The van der Waals surface area contributed by atoms with Gasteiger partial charge in [0, 0.05) is 0 Å². The maximum Gasteiger partial charge on any atom is 0.140 e. The number of hydrogen-bond acceptors (Lipinski definition) is 0. The molecule has 0 saturated carbocycles. The standard InChI is InChI=1S/C6H3BrF2.C6H3F2.3C4H9.Sn/c7-6-4(8)2-1-3-5(6)9;7-5-2-1-3-6(8)4-5;3*1-3-4-2;/h1-3H;1-3H;3*1,3-4H2,2H3;. The van der Waals surface area contributed by atoms with E-state index in [1.54, 1.807) is 0 Å². The molecule has 0 fully saturated rings. The molecule has 0 radical (unpaired) electrons. The minimum Gasteiger partial charge on any atom is -0.206 e. The Bertz CT molecular complexity index is 705. The first kappa shape index (κ1) is 27.5. The molecule has 0 bridgehead atoms. The number of halogens is 5. The summed E-state index contributed by atoms with van der Waals surface area (Å²) in [6.45, 7) is 6.52. The van der Waals surface area contributed by atoms with Gasteiger partial charge in [-0.3, -0.25) is 0 Å². The number of unbranched alkanes of at least 4 members (excludes halogenated alkanes) is 3. The van der Waals surface area contributed by atoms with E-state index in [1.807, 2.05) is 0 Å². The topological polar surface area (TPSA) is 0 Å². The minimum atomic E-state index is -2.97. The van der Waals surface area contributed by atoms with E-state index >= 15 is 0 Å². The first-order chi connectivity index (χ1) is 14.3. The van der Waals surface area contributed by atoms with E-state index in [-0.39, 0.29) is 16.1 Å². The van der Waals surface area contributed by atoms with Crippen LogP contribution in [-0.2, 0) is 0 Å². The number of benzene rings is 2. The molecule has 0 atom stereocenters. The molecule has 2 aromatic carbocycles. The van der Waals surface area contributed by atoms with Crippen LogP contribution in [0.15, 0.2) is 40.9 Å². The molecular formula is C24H33BrF4Sn. The van der Waals surface area contributed by atoms with Crippen molar-refractivity contribution in [1.82, 2.24) is 0 Å². The van der Waals surface area contributed by atoms with E-state index in [4.69, 9.17) is 0 Å². The average Bonchev–Trinajstić information content (AvgIpc) is 2.73. The number of rotatable bonds is 10. The molecule has 0 aliphatic carbocycles. The maximum absolute atomic E-state index is 14.4. The predicted molar refractivity (Wildman–Crippen MR) is 125 cm³/mol. The van der Waals surface area contributed by atoms with E-state index in [0.29, 0.717) is 3.58 Å². The quantitative estimate of drug-likeness (QED) is 0.146. The van der Waals surface area contributed by atoms with Crippen molar-refractivity contribution in [1.29, 1.82) is 0 Å². The minimum absolute atomic E-state index is 0.106. The normalized spacial score (nSPS) is 11.2. The van der Waals surface area contributed by atoms with Crippen LogP contribution in [0, 0.1) is 23.3 Å². The van der Waals surface area contributed by atoms with E-state index in [2.05, 4.69) is 36.7 Å². The van der Waals surface area contributed by atoms with Gasteiger partial charge in [0.15, 0.2) is 0 Å². The molecule has 0 saturated heterocycles. The van der Waals surface area contributed by atoms with Crippen LogP contribution in [0.3, 0.4) is 0 Å². The molecule has 0 amide bonds. The molecule has 0 N–H and O–H groups in total. The average molecular weight is 596 g/mol. The van der Waals surface area contributed by atoms with Gasteiger partial charge in [-0.25, -0.2) is 8.78 Å². The summed E-state index contributed by atoms with van der Waals surface area (Å²) < 4.78 is 57.2. The van der Waals surface area contributed by atoms with Crippen molar-refractivity contribution in [2.75, 3.05) is 0 Å². The molecule has 6 heteroatoms. The molecule has 30 heavy (non-hydrogen) atoms. The van der Waals surface area contributed by atoms with Crippen LogP contribution in [0.5, 0.6) is 0 Å². The molecule has 0 aliphatic rings. The molecule has 0 aromatic heterocycles. The van der Waals surface area contributed by atoms with Gasteiger partial charge in [-0.15, -0.1) is 0 Å². The second-order valence-corrected chi connectivity index (χ2v) is 21.5. The van der Waals surface area contributed by atoms with Gasteiger partial charge in [0.1, 0.15) is 11.6 Å². The van der Waals surface area contributed by atoms with Crippen molar-refractivity contribution in [3.63, 3.8) is 0 Å². The zero-order chi connectivity index (χ0) is 22.6. The summed E-state index contributed by atoms with van der Waals surface area (Å²) >= 11 is -0.241. The van der Waals surface area contributed by atoms with Gasteiger partial charge in [-0.05, 0) is 28.1 Å². The first-order valence-corrected chi connectivity index (χ1v) is 19.1. The Morgan fingerprint density at radius 3 is 1.27 bits per heavy atom. The summed E-state index contributed by atoms with van der Waals surface area (Å²) in [6, 6.07) is 8.13. The third-order valence-corrected chi connectivity index (χ3v) is 21.8. The summed E-state index contributed by atoms with van der Waals surface area (Å²) in [4.78, 5) is 0. The largest absolute Gasteiger partial charge is 0.206 e. The Kier molecular flexibility index (Phi) is 13.3. The van der Waals surface area contributed by atoms with Crippen LogP contribution in [0.4, 0.5) is 17.6 Å². The fourth-order valence-corrected chi connectivity index (χ4v) is 20.5. The summed E-state index contributed by atoms with van der Waals surface area (Å²) in [5, 5.41) is 0. The summed E-state index contributed by atoms with van der Waals surface area (Å²) in [7, 11) is 0. The van der Waals surface area contributed by atoms with Crippen molar-refractivity contribution in [2.45, 2.75) is 72.6 Å². The molecule has 0 unspecified atom stereocenters. The summed E-state index contributed by atoms with van der Waals surface area (Å²) in [5.74, 6) is -1.69. The predicted octanol–water partition coefficient (Wildman–Crippen LogP) is 8.75. The van der Waals surface area contributed by atoms with Gasteiger partial charge < -0.3 is 0 Å². The van der Waals surface area contributed by atoms with E-state index in [0.717, 1.165) is 51.8 Å². The van der Waals surface area contributed by atoms with Crippen molar-refractivity contribution in [2.24, 2.45) is 0 Å². The third-order valence-electron chi connectivity index (χ3n) is 5.42. The second kappa shape index (κ2) is 14.5. The molecule has 0 aliphatic heterocycles. The summed E-state index contributed by atoms with van der Waals surface area (Å²) in [5.41, 5.74) is 0. The van der Waals surface area contributed by atoms with Crippen molar-refractivity contribution < 1.29 is 17.6 Å².